The normalized spacial score (nSPS) is 19.3. The van der Waals surface area contributed by atoms with Crippen molar-refractivity contribution >= 4 is 11.7 Å². The van der Waals surface area contributed by atoms with E-state index in [4.69, 9.17) is 0 Å². The lowest BCUT2D eigenvalue weighted by Crippen LogP contribution is -2.39. The molecule has 2 atom stereocenters. The van der Waals surface area contributed by atoms with Gasteiger partial charge in [0.25, 0.3) is 0 Å². The summed E-state index contributed by atoms with van der Waals surface area (Å²) in [6, 6.07) is 8.35. The molecule has 0 fully saturated rings. The third-order valence-electron chi connectivity index (χ3n) is 4.41. The summed E-state index contributed by atoms with van der Waals surface area (Å²) in [5, 5.41) is 6.60. The molecule has 120 valence electrons. The maximum atomic E-state index is 11.6. The average molecular weight is 310 g/mol. The van der Waals surface area contributed by atoms with Crippen LogP contribution in [-0.2, 0) is 11.2 Å². The van der Waals surface area contributed by atoms with E-state index >= 15 is 0 Å². The molecule has 1 amide bonds. The molecule has 5 heteroatoms. The van der Waals surface area contributed by atoms with Crippen molar-refractivity contribution in [1.82, 2.24) is 15.3 Å². The molecule has 1 aromatic carbocycles. The lowest BCUT2D eigenvalue weighted by molar-refractivity contribution is -0.119. The fourth-order valence-corrected chi connectivity index (χ4v) is 3.23. The number of aromatic nitrogens is 2. The fourth-order valence-electron chi connectivity index (χ4n) is 3.23. The van der Waals surface area contributed by atoms with E-state index in [1.807, 2.05) is 32.9 Å². The van der Waals surface area contributed by atoms with Gasteiger partial charge in [-0.05, 0) is 38.3 Å². The molecule has 1 aliphatic carbocycles. The second-order valence-corrected chi connectivity index (χ2v) is 6.16. The summed E-state index contributed by atoms with van der Waals surface area (Å²) in [6.07, 6.45) is 0.829. The van der Waals surface area contributed by atoms with Crippen molar-refractivity contribution in [2.24, 2.45) is 0 Å². The van der Waals surface area contributed by atoms with Gasteiger partial charge in [-0.3, -0.25) is 4.79 Å². The molecule has 0 saturated carbocycles. The van der Waals surface area contributed by atoms with Crippen LogP contribution in [0.3, 0.4) is 0 Å². The van der Waals surface area contributed by atoms with Crippen LogP contribution in [0.2, 0.25) is 0 Å². The Balaban J connectivity index is 1.97. The predicted octanol–water partition coefficient (Wildman–Crippen LogP) is 2.62. The standard InChI is InChI=1S/C18H22N4O/c1-10-11(2)19-12(3)20-18(10)22-17-15-8-6-5-7-14(15)9-16(17)21-13(4)23/h5-8,16-17H,9H2,1-4H3,(H,21,23)(H,19,20,22)/t16-,17-/m1/s1. The van der Waals surface area contributed by atoms with Crippen molar-refractivity contribution in [3.05, 3.63) is 52.5 Å². The molecule has 0 bridgehead atoms. The number of amides is 1. The maximum absolute atomic E-state index is 11.6. The Labute approximate surface area is 136 Å². The lowest BCUT2D eigenvalue weighted by atomic mass is 10.1. The Morgan fingerprint density at radius 1 is 1.17 bits per heavy atom. The summed E-state index contributed by atoms with van der Waals surface area (Å²) in [5.74, 6) is 1.58. The van der Waals surface area contributed by atoms with E-state index in [9.17, 15) is 4.79 Å². The average Bonchev–Trinajstić information content (AvgIpc) is 2.81. The van der Waals surface area contributed by atoms with Gasteiger partial charge in [-0.25, -0.2) is 9.97 Å². The summed E-state index contributed by atoms with van der Waals surface area (Å²) in [6.45, 7) is 7.46. The topological polar surface area (TPSA) is 66.9 Å². The Morgan fingerprint density at radius 3 is 2.65 bits per heavy atom. The molecule has 23 heavy (non-hydrogen) atoms. The van der Waals surface area contributed by atoms with Crippen LogP contribution in [0.4, 0.5) is 5.82 Å². The number of hydrogen-bond donors (Lipinski definition) is 2. The third-order valence-corrected chi connectivity index (χ3v) is 4.41. The predicted molar refractivity (Wildman–Crippen MR) is 90.4 cm³/mol. The Hall–Kier alpha value is -2.43. The van der Waals surface area contributed by atoms with Crippen LogP contribution in [-0.4, -0.2) is 21.9 Å². The van der Waals surface area contributed by atoms with Crippen LogP contribution >= 0.6 is 0 Å². The summed E-state index contributed by atoms with van der Waals surface area (Å²) < 4.78 is 0. The Kier molecular flexibility index (Phi) is 4.03. The molecular formula is C18H22N4O. The first kappa shape index (κ1) is 15.5. The van der Waals surface area contributed by atoms with Gasteiger partial charge < -0.3 is 10.6 Å². The van der Waals surface area contributed by atoms with Crippen molar-refractivity contribution < 1.29 is 4.79 Å². The number of benzene rings is 1. The molecule has 0 saturated heterocycles. The molecule has 1 aliphatic rings. The molecule has 0 unspecified atom stereocenters. The number of nitrogens with zero attached hydrogens (tertiary/aromatic N) is 2. The van der Waals surface area contributed by atoms with Crippen LogP contribution in [0, 0.1) is 20.8 Å². The second-order valence-electron chi connectivity index (χ2n) is 6.16. The van der Waals surface area contributed by atoms with E-state index in [-0.39, 0.29) is 18.0 Å². The van der Waals surface area contributed by atoms with E-state index in [2.05, 4.69) is 32.7 Å². The van der Waals surface area contributed by atoms with Gasteiger partial charge in [0.2, 0.25) is 5.91 Å². The van der Waals surface area contributed by atoms with Crippen molar-refractivity contribution in [3.8, 4) is 0 Å². The molecule has 1 heterocycles. The Morgan fingerprint density at radius 2 is 1.91 bits per heavy atom. The highest BCUT2D eigenvalue weighted by molar-refractivity contribution is 5.73. The van der Waals surface area contributed by atoms with Crippen molar-refractivity contribution in [2.45, 2.75) is 46.2 Å². The van der Waals surface area contributed by atoms with E-state index in [0.29, 0.717) is 0 Å². The molecule has 3 rings (SSSR count). The quantitative estimate of drug-likeness (QED) is 0.914. The van der Waals surface area contributed by atoms with Crippen LogP contribution in [0.15, 0.2) is 24.3 Å². The molecule has 1 aromatic heterocycles. The van der Waals surface area contributed by atoms with E-state index in [1.165, 1.54) is 11.1 Å². The van der Waals surface area contributed by atoms with Gasteiger partial charge in [-0.15, -0.1) is 0 Å². The molecule has 5 nitrogen and oxygen atoms in total. The smallest absolute Gasteiger partial charge is 0.217 e. The second kappa shape index (κ2) is 5.99. The van der Waals surface area contributed by atoms with Gasteiger partial charge in [0.15, 0.2) is 0 Å². The van der Waals surface area contributed by atoms with Gasteiger partial charge in [-0.1, -0.05) is 24.3 Å². The van der Waals surface area contributed by atoms with Crippen LogP contribution in [0.5, 0.6) is 0 Å². The molecule has 2 aromatic rings. The zero-order valence-electron chi connectivity index (χ0n) is 14.0. The number of carbonyl (C=O) groups excluding carboxylic acids is 1. The maximum Gasteiger partial charge on any atom is 0.217 e. The van der Waals surface area contributed by atoms with Crippen LogP contribution in [0.1, 0.15) is 41.2 Å². The highest BCUT2D eigenvalue weighted by atomic mass is 16.1. The van der Waals surface area contributed by atoms with Crippen molar-refractivity contribution in [2.75, 3.05) is 5.32 Å². The number of carbonyl (C=O) groups is 1. The summed E-state index contributed by atoms with van der Waals surface area (Å²) in [5.41, 5.74) is 4.51. The number of rotatable bonds is 3. The monoisotopic (exact) mass is 310 g/mol. The van der Waals surface area contributed by atoms with Gasteiger partial charge >= 0.3 is 0 Å². The highest BCUT2D eigenvalue weighted by Gasteiger charge is 2.33. The number of nitrogens with one attached hydrogen (secondary N) is 2. The SMILES string of the molecule is CC(=O)N[C@@H]1Cc2ccccc2[C@H]1Nc1nc(C)nc(C)c1C. The summed E-state index contributed by atoms with van der Waals surface area (Å²) in [7, 11) is 0. The minimum Gasteiger partial charge on any atom is -0.361 e. The molecular weight excluding hydrogens is 288 g/mol. The van der Waals surface area contributed by atoms with Crippen LogP contribution < -0.4 is 10.6 Å². The van der Waals surface area contributed by atoms with Crippen molar-refractivity contribution in [3.63, 3.8) is 0 Å². The minimum absolute atomic E-state index is 0.0126. The first-order chi connectivity index (χ1) is 11.0. The molecule has 2 N–H and O–H groups in total. The minimum atomic E-state index is -0.0126. The largest absolute Gasteiger partial charge is 0.361 e. The zero-order valence-corrected chi connectivity index (χ0v) is 14.0. The fraction of sp³-hybridized carbons (Fsp3) is 0.389. The van der Waals surface area contributed by atoms with Gasteiger partial charge in [0, 0.05) is 18.2 Å². The van der Waals surface area contributed by atoms with E-state index < -0.39 is 0 Å². The van der Waals surface area contributed by atoms with Crippen LogP contribution in [0.25, 0.3) is 0 Å². The highest BCUT2D eigenvalue weighted by Crippen LogP contribution is 2.34. The number of aryl methyl sites for hydroxylation is 2. The first-order valence-electron chi connectivity index (χ1n) is 7.89. The van der Waals surface area contributed by atoms with E-state index in [0.717, 1.165) is 29.3 Å². The first-order valence-corrected chi connectivity index (χ1v) is 7.89. The zero-order chi connectivity index (χ0) is 16.6. The van der Waals surface area contributed by atoms with Gasteiger partial charge in [0.05, 0.1) is 12.1 Å². The summed E-state index contributed by atoms with van der Waals surface area (Å²) in [4.78, 5) is 20.5. The van der Waals surface area contributed by atoms with Gasteiger partial charge in [0.1, 0.15) is 11.6 Å². The molecule has 0 spiro atoms. The molecule has 0 radical (unpaired) electrons. The number of hydrogen-bond acceptors (Lipinski definition) is 4. The number of fused-ring (bicyclic) bond motifs is 1. The number of anilines is 1. The summed E-state index contributed by atoms with van der Waals surface area (Å²) >= 11 is 0. The van der Waals surface area contributed by atoms with Gasteiger partial charge in [-0.2, -0.15) is 0 Å². The molecule has 0 aliphatic heterocycles. The lowest BCUT2D eigenvalue weighted by Gasteiger charge is -2.24. The van der Waals surface area contributed by atoms with E-state index in [1.54, 1.807) is 6.92 Å². The Bertz CT molecular complexity index is 757. The van der Waals surface area contributed by atoms with Crippen molar-refractivity contribution in [1.29, 1.82) is 0 Å². The third kappa shape index (κ3) is 3.04.